The van der Waals surface area contributed by atoms with Gasteiger partial charge in [-0.1, -0.05) is 72.4 Å². The van der Waals surface area contributed by atoms with E-state index in [1.807, 2.05) is 36.4 Å². The molecule has 0 unspecified atom stereocenters. The summed E-state index contributed by atoms with van der Waals surface area (Å²) in [4.78, 5) is 11.1. The van der Waals surface area contributed by atoms with Gasteiger partial charge in [-0.05, 0) is 11.1 Å². The Morgan fingerprint density at radius 1 is 0.958 bits per heavy atom. The number of amides is 1. The molecule has 1 heterocycles. The van der Waals surface area contributed by atoms with Crippen molar-refractivity contribution in [3.8, 4) is 0 Å². The van der Waals surface area contributed by atoms with E-state index in [-0.39, 0.29) is 11.7 Å². The summed E-state index contributed by atoms with van der Waals surface area (Å²) in [5, 5.41) is 9.29. The number of benzene rings is 2. The van der Waals surface area contributed by atoms with E-state index in [1.54, 1.807) is 0 Å². The van der Waals surface area contributed by atoms with Crippen LogP contribution in [-0.2, 0) is 17.8 Å². The fraction of sp³-hybridized carbons (Fsp3) is 0.167. The number of hydrogen-bond donors (Lipinski definition) is 1. The van der Waals surface area contributed by atoms with Crippen molar-refractivity contribution in [3.05, 3.63) is 77.6 Å². The Hall–Kier alpha value is -2.60. The van der Waals surface area contributed by atoms with E-state index in [2.05, 4.69) is 39.0 Å². The van der Waals surface area contributed by atoms with Crippen molar-refractivity contribution in [2.75, 3.05) is 5.75 Å². The smallest absolute Gasteiger partial charge is 0.227 e. The topological polar surface area (TPSA) is 73.8 Å². The molecule has 0 radical (unpaired) electrons. The van der Waals surface area contributed by atoms with Crippen LogP contribution in [-0.4, -0.2) is 26.4 Å². The molecule has 0 aliphatic rings. The third-order valence-electron chi connectivity index (χ3n) is 3.53. The number of thioether (sulfide) groups is 1. The number of rotatable bonds is 7. The zero-order valence-corrected chi connectivity index (χ0v) is 13.9. The van der Waals surface area contributed by atoms with E-state index >= 15 is 0 Å². The van der Waals surface area contributed by atoms with Crippen molar-refractivity contribution in [1.29, 1.82) is 0 Å². The van der Waals surface area contributed by atoms with Crippen molar-refractivity contribution < 1.29 is 4.79 Å². The maximum absolute atomic E-state index is 11.1. The second-order valence-electron chi connectivity index (χ2n) is 5.39. The zero-order chi connectivity index (χ0) is 16.8. The van der Waals surface area contributed by atoms with Gasteiger partial charge in [-0.15, -0.1) is 10.2 Å². The van der Waals surface area contributed by atoms with Crippen LogP contribution in [0.15, 0.2) is 65.8 Å². The highest BCUT2D eigenvalue weighted by molar-refractivity contribution is 7.99. The Morgan fingerprint density at radius 2 is 1.58 bits per heavy atom. The fourth-order valence-electron chi connectivity index (χ4n) is 2.40. The molecule has 0 atom stereocenters. The van der Waals surface area contributed by atoms with Gasteiger partial charge in [0.05, 0.1) is 12.3 Å². The standard InChI is InChI=1S/C18H18N4OS/c19-16(23)13-24-18-21-20-17(11-14-7-3-1-4-8-14)22(18)12-15-9-5-2-6-10-15/h1-10H,11-13H2,(H2,19,23). The lowest BCUT2D eigenvalue weighted by Crippen LogP contribution is -2.14. The summed E-state index contributed by atoms with van der Waals surface area (Å²) >= 11 is 1.32. The Labute approximate surface area is 144 Å². The molecule has 0 aliphatic heterocycles. The number of hydrogen-bond acceptors (Lipinski definition) is 4. The minimum Gasteiger partial charge on any atom is -0.369 e. The summed E-state index contributed by atoms with van der Waals surface area (Å²) in [6.45, 7) is 0.664. The molecule has 6 heteroatoms. The van der Waals surface area contributed by atoms with Crippen molar-refractivity contribution in [1.82, 2.24) is 14.8 Å². The van der Waals surface area contributed by atoms with Gasteiger partial charge in [-0.2, -0.15) is 0 Å². The minimum absolute atomic E-state index is 0.193. The summed E-state index contributed by atoms with van der Waals surface area (Å²) in [7, 11) is 0. The first kappa shape index (κ1) is 16.3. The van der Waals surface area contributed by atoms with Crippen molar-refractivity contribution in [2.45, 2.75) is 18.1 Å². The molecule has 1 amide bonds. The first-order valence-corrected chi connectivity index (χ1v) is 8.62. The maximum atomic E-state index is 11.1. The van der Waals surface area contributed by atoms with Gasteiger partial charge in [-0.25, -0.2) is 0 Å². The van der Waals surface area contributed by atoms with E-state index in [0.717, 1.165) is 11.4 Å². The van der Waals surface area contributed by atoms with Gasteiger partial charge in [0.15, 0.2) is 5.16 Å². The van der Waals surface area contributed by atoms with E-state index in [0.29, 0.717) is 18.1 Å². The molecule has 0 fully saturated rings. The summed E-state index contributed by atoms with van der Waals surface area (Å²) in [6.07, 6.45) is 0.692. The summed E-state index contributed by atoms with van der Waals surface area (Å²) in [5.74, 6) is 0.703. The Morgan fingerprint density at radius 3 is 2.21 bits per heavy atom. The molecule has 2 N–H and O–H groups in total. The van der Waals surface area contributed by atoms with Crippen LogP contribution in [0.3, 0.4) is 0 Å². The first-order chi connectivity index (χ1) is 11.7. The Balaban J connectivity index is 1.88. The maximum Gasteiger partial charge on any atom is 0.227 e. The molecule has 2 aromatic carbocycles. The number of primary amides is 1. The molecule has 0 bridgehead atoms. The van der Waals surface area contributed by atoms with Crippen LogP contribution in [0.4, 0.5) is 0 Å². The molecule has 3 aromatic rings. The predicted molar refractivity (Wildman–Crippen MR) is 94.7 cm³/mol. The van der Waals surface area contributed by atoms with Crippen molar-refractivity contribution >= 4 is 17.7 Å². The van der Waals surface area contributed by atoms with Crippen LogP contribution in [0.1, 0.15) is 17.0 Å². The van der Waals surface area contributed by atoms with E-state index in [9.17, 15) is 4.79 Å². The van der Waals surface area contributed by atoms with Crippen LogP contribution in [0.2, 0.25) is 0 Å². The predicted octanol–water partition coefficient (Wildman–Crippen LogP) is 2.49. The van der Waals surface area contributed by atoms with Gasteiger partial charge < -0.3 is 10.3 Å². The summed E-state index contributed by atoms with van der Waals surface area (Å²) < 4.78 is 2.05. The highest BCUT2D eigenvalue weighted by atomic mass is 32.2. The van der Waals surface area contributed by atoms with Gasteiger partial charge >= 0.3 is 0 Å². The molecular formula is C18H18N4OS. The quantitative estimate of drug-likeness (QED) is 0.672. The lowest BCUT2D eigenvalue weighted by molar-refractivity contribution is -0.115. The zero-order valence-electron chi connectivity index (χ0n) is 13.1. The molecule has 1 aromatic heterocycles. The molecule has 3 rings (SSSR count). The number of carbonyl (C=O) groups is 1. The van der Waals surface area contributed by atoms with Crippen LogP contribution in [0.25, 0.3) is 0 Å². The SMILES string of the molecule is NC(=O)CSc1nnc(Cc2ccccc2)n1Cc1ccccc1. The summed E-state index contributed by atoms with van der Waals surface area (Å²) in [6, 6.07) is 20.3. The average molecular weight is 338 g/mol. The largest absolute Gasteiger partial charge is 0.369 e. The molecule has 0 aliphatic carbocycles. The average Bonchev–Trinajstić information content (AvgIpc) is 2.96. The second-order valence-corrected chi connectivity index (χ2v) is 6.33. The van der Waals surface area contributed by atoms with E-state index in [4.69, 9.17) is 5.73 Å². The van der Waals surface area contributed by atoms with Gasteiger partial charge in [-0.3, -0.25) is 4.79 Å². The molecule has 5 nitrogen and oxygen atoms in total. The first-order valence-electron chi connectivity index (χ1n) is 7.63. The van der Waals surface area contributed by atoms with E-state index in [1.165, 1.54) is 17.3 Å². The lowest BCUT2D eigenvalue weighted by atomic mass is 10.1. The summed E-state index contributed by atoms with van der Waals surface area (Å²) in [5.41, 5.74) is 7.59. The van der Waals surface area contributed by atoms with Crippen LogP contribution in [0.5, 0.6) is 0 Å². The third-order valence-corrected chi connectivity index (χ3v) is 4.51. The van der Waals surface area contributed by atoms with Crippen LogP contribution < -0.4 is 5.73 Å². The van der Waals surface area contributed by atoms with Gasteiger partial charge in [0.1, 0.15) is 5.82 Å². The highest BCUT2D eigenvalue weighted by Crippen LogP contribution is 2.20. The second kappa shape index (κ2) is 7.79. The molecule has 0 spiro atoms. The molecule has 24 heavy (non-hydrogen) atoms. The van der Waals surface area contributed by atoms with Crippen molar-refractivity contribution in [2.24, 2.45) is 5.73 Å². The number of aromatic nitrogens is 3. The monoisotopic (exact) mass is 338 g/mol. The molecule has 122 valence electrons. The van der Waals surface area contributed by atoms with Gasteiger partial charge in [0, 0.05) is 6.42 Å². The van der Waals surface area contributed by atoms with Crippen molar-refractivity contribution in [3.63, 3.8) is 0 Å². The number of nitrogens with two attached hydrogens (primary N) is 1. The Bertz CT molecular complexity index is 802. The lowest BCUT2D eigenvalue weighted by Gasteiger charge is -2.10. The third kappa shape index (κ3) is 4.23. The van der Waals surface area contributed by atoms with Crippen LogP contribution >= 0.6 is 11.8 Å². The van der Waals surface area contributed by atoms with Gasteiger partial charge in [0.2, 0.25) is 5.91 Å². The minimum atomic E-state index is -0.362. The van der Waals surface area contributed by atoms with Crippen LogP contribution in [0, 0.1) is 0 Å². The molecule has 0 saturated carbocycles. The number of carbonyl (C=O) groups excluding carboxylic acids is 1. The Kier molecular flexibility index (Phi) is 5.28. The van der Waals surface area contributed by atoms with Gasteiger partial charge in [0.25, 0.3) is 0 Å². The fourth-order valence-corrected chi connectivity index (χ4v) is 3.09. The highest BCUT2D eigenvalue weighted by Gasteiger charge is 2.14. The molecule has 0 saturated heterocycles. The van der Waals surface area contributed by atoms with E-state index < -0.39 is 0 Å². The molecular weight excluding hydrogens is 320 g/mol. The normalized spacial score (nSPS) is 10.7. The number of nitrogens with zero attached hydrogens (tertiary/aromatic N) is 3.